The quantitative estimate of drug-likeness (QED) is 0.820. The highest BCUT2D eigenvalue weighted by Gasteiger charge is 2.21. The predicted molar refractivity (Wildman–Crippen MR) is 60.6 cm³/mol. The third-order valence-corrected chi connectivity index (χ3v) is 3.24. The predicted octanol–water partition coefficient (Wildman–Crippen LogP) is 1.98. The molecule has 3 heteroatoms. The number of likely N-dealkylation sites (tertiary alicyclic amines) is 1. The maximum absolute atomic E-state index is 5.46. The first-order chi connectivity index (χ1) is 7.31. The van der Waals surface area contributed by atoms with Gasteiger partial charge in [-0.3, -0.25) is 4.90 Å². The molecule has 1 aliphatic rings. The second-order valence-corrected chi connectivity index (χ2v) is 4.36. The SMILES string of the molecule is CNCc1occc1CN1CCCC1C. The molecule has 0 amide bonds. The van der Waals surface area contributed by atoms with E-state index in [1.165, 1.54) is 24.9 Å². The fraction of sp³-hybridized carbons (Fsp3) is 0.667. The maximum Gasteiger partial charge on any atom is 0.122 e. The number of nitrogens with zero attached hydrogens (tertiary/aromatic N) is 1. The van der Waals surface area contributed by atoms with Crippen LogP contribution in [0.5, 0.6) is 0 Å². The van der Waals surface area contributed by atoms with Crippen molar-refractivity contribution in [1.82, 2.24) is 10.2 Å². The molecule has 0 radical (unpaired) electrons. The topological polar surface area (TPSA) is 28.4 Å². The van der Waals surface area contributed by atoms with Crippen LogP contribution >= 0.6 is 0 Å². The van der Waals surface area contributed by atoms with Crippen LogP contribution in [-0.2, 0) is 13.1 Å². The van der Waals surface area contributed by atoms with Gasteiger partial charge >= 0.3 is 0 Å². The lowest BCUT2D eigenvalue weighted by Gasteiger charge is -2.20. The van der Waals surface area contributed by atoms with E-state index >= 15 is 0 Å². The maximum atomic E-state index is 5.46. The van der Waals surface area contributed by atoms with Crippen LogP contribution in [0, 0.1) is 0 Å². The van der Waals surface area contributed by atoms with E-state index in [-0.39, 0.29) is 0 Å². The van der Waals surface area contributed by atoms with Crippen molar-refractivity contribution in [3.8, 4) is 0 Å². The van der Waals surface area contributed by atoms with E-state index in [2.05, 4.69) is 23.2 Å². The summed E-state index contributed by atoms with van der Waals surface area (Å²) in [4.78, 5) is 2.53. The minimum Gasteiger partial charge on any atom is -0.468 e. The Morgan fingerprint density at radius 1 is 1.60 bits per heavy atom. The van der Waals surface area contributed by atoms with Crippen molar-refractivity contribution in [3.05, 3.63) is 23.7 Å². The van der Waals surface area contributed by atoms with Crippen molar-refractivity contribution in [2.24, 2.45) is 0 Å². The zero-order valence-electron chi connectivity index (χ0n) is 9.62. The summed E-state index contributed by atoms with van der Waals surface area (Å²) < 4.78 is 5.46. The van der Waals surface area contributed by atoms with Gasteiger partial charge < -0.3 is 9.73 Å². The van der Waals surface area contributed by atoms with Crippen LogP contribution in [0.25, 0.3) is 0 Å². The number of hydrogen-bond acceptors (Lipinski definition) is 3. The smallest absolute Gasteiger partial charge is 0.122 e. The second-order valence-electron chi connectivity index (χ2n) is 4.36. The zero-order chi connectivity index (χ0) is 10.7. The van der Waals surface area contributed by atoms with Crippen LogP contribution in [-0.4, -0.2) is 24.5 Å². The van der Waals surface area contributed by atoms with Gasteiger partial charge in [-0.05, 0) is 39.4 Å². The standard InChI is InChI=1S/C12H20N2O/c1-10-4-3-6-14(10)9-11-5-7-15-12(11)8-13-2/h5,7,10,13H,3-4,6,8-9H2,1-2H3. The van der Waals surface area contributed by atoms with Crippen LogP contribution in [0.3, 0.4) is 0 Å². The van der Waals surface area contributed by atoms with Crippen molar-refractivity contribution in [1.29, 1.82) is 0 Å². The summed E-state index contributed by atoms with van der Waals surface area (Å²) in [6, 6.07) is 2.82. The van der Waals surface area contributed by atoms with Gasteiger partial charge in [-0.25, -0.2) is 0 Å². The Bertz CT molecular complexity index is 308. The number of rotatable bonds is 4. The minimum absolute atomic E-state index is 0.724. The summed E-state index contributed by atoms with van der Waals surface area (Å²) in [5.41, 5.74) is 1.33. The molecule has 15 heavy (non-hydrogen) atoms. The van der Waals surface area contributed by atoms with E-state index < -0.39 is 0 Å². The molecule has 84 valence electrons. The highest BCUT2D eigenvalue weighted by atomic mass is 16.3. The summed E-state index contributed by atoms with van der Waals surface area (Å²) in [6.07, 6.45) is 4.46. The van der Waals surface area contributed by atoms with E-state index in [0.29, 0.717) is 0 Å². The molecular weight excluding hydrogens is 188 g/mol. The molecule has 1 atom stereocenters. The Kier molecular flexibility index (Phi) is 3.44. The number of nitrogens with one attached hydrogen (secondary N) is 1. The molecule has 1 aliphatic heterocycles. The van der Waals surface area contributed by atoms with Crippen molar-refractivity contribution in [3.63, 3.8) is 0 Å². The lowest BCUT2D eigenvalue weighted by Crippen LogP contribution is -2.26. The van der Waals surface area contributed by atoms with Crippen molar-refractivity contribution in [2.45, 2.75) is 38.9 Å². The molecule has 0 bridgehead atoms. The van der Waals surface area contributed by atoms with Gasteiger partial charge in [0.2, 0.25) is 0 Å². The molecule has 1 fully saturated rings. The fourth-order valence-electron chi connectivity index (χ4n) is 2.27. The molecular formula is C12H20N2O. The Morgan fingerprint density at radius 3 is 3.13 bits per heavy atom. The molecule has 3 nitrogen and oxygen atoms in total. The van der Waals surface area contributed by atoms with Gasteiger partial charge in [0.1, 0.15) is 5.76 Å². The molecule has 2 rings (SSSR count). The van der Waals surface area contributed by atoms with Crippen LogP contribution in [0.2, 0.25) is 0 Å². The van der Waals surface area contributed by atoms with E-state index in [4.69, 9.17) is 4.42 Å². The average molecular weight is 208 g/mol. The summed E-state index contributed by atoms with van der Waals surface area (Å²) in [6.45, 7) is 5.40. The first kappa shape index (κ1) is 10.7. The van der Waals surface area contributed by atoms with Gasteiger partial charge in [0, 0.05) is 18.2 Å². The van der Waals surface area contributed by atoms with Gasteiger partial charge in [-0.15, -0.1) is 0 Å². The lowest BCUT2D eigenvalue weighted by atomic mass is 10.2. The van der Waals surface area contributed by atoms with Crippen LogP contribution < -0.4 is 5.32 Å². The molecule has 1 unspecified atom stereocenters. The second kappa shape index (κ2) is 4.81. The molecule has 0 spiro atoms. The Balaban J connectivity index is 2.00. The molecule has 0 saturated carbocycles. The van der Waals surface area contributed by atoms with E-state index in [9.17, 15) is 0 Å². The third-order valence-electron chi connectivity index (χ3n) is 3.24. The molecule has 1 aromatic heterocycles. The highest BCUT2D eigenvalue weighted by Crippen LogP contribution is 2.21. The van der Waals surface area contributed by atoms with Crippen LogP contribution in [0.1, 0.15) is 31.1 Å². The van der Waals surface area contributed by atoms with E-state index in [0.717, 1.165) is 24.9 Å². The average Bonchev–Trinajstić information content (AvgIpc) is 2.80. The molecule has 1 N–H and O–H groups in total. The van der Waals surface area contributed by atoms with Crippen molar-refractivity contribution >= 4 is 0 Å². The number of hydrogen-bond donors (Lipinski definition) is 1. The van der Waals surface area contributed by atoms with E-state index in [1.54, 1.807) is 6.26 Å². The minimum atomic E-state index is 0.724. The highest BCUT2D eigenvalue weighted by molar-refractivity contribution is 5.17. The molecule has 2 heterocycles. The third kappa shape index (κ3) is 2.41. The van der Waals surface area contributed by atoms with Gasteiger partial charge in [-0.1, -0.05) is 0 Å². The summed E-state index contributed by atoms with van der Waals surface area (Å²) in [7, 11) is 1.95. The van der Waals surface area contributed by atoms with Crippen LogP contribution in [0.15, 0.2) is 16.7 Å². The molecule has 0 aliphatic carbocycles. The van der Waals surface area contributed by atoms with Crippen molar-refractivity contribution in [2.75, 3.05) is 13.6 Å². The normalized spacial score (nSPS) is 22.4. The van der Waals surface area contributed by atoms with Crippen LogP contribution in [0.4, 0.5) is 0 Å². The van der Waals surface area contributed by atoms with Gasteiger partial charge in [-0.2, -0.15) is 0 Å². The van der Waals surface area contributed by atoms with Crippen molar-refractivity contribution < 1.29 is 4.42 Å². The largest absolute Gasteiger partial charge is 0.468 e. The lowest BCUT2D eigenvalue weighted by molar-refractivity contribution is 0.258. The first-order valence-electron chi connectivity index (χ1n) is 5.75. The summed E-state index contributed by atoms with van der Waals surface area (Å²) >= 11 is 0. The first-order valence-corrected chi connectivity index (χ1v) is 5.75. The molecule has 0 aromatic carbocycles. The zero-order valence-corrected chi connectivity index (χ0v) is 9.62. The van der Waals surface area contributed by atoms with Gasteiger partial charge in [0.15, 0.2) is 0 Å². The van der Waals surface area contributed by atoms with E-state index in [1.807, 2.05) is 7.05 Å². The van der Waals surface area contributed by atoms with Gasteiger partial charge in [0.25, 0.3) is 0 Å². The number of furan rings is 1. The van der Waals surface area contributed by atoms with Gasteiger partial charge in [0.05, 0.1) is 12.8 Å². The Labute approximate surface area is 91.4 Å². The Hall–Kier alpha value is -0.800. The monoisotopic (exact) mass is 208 g/mol. The summed E-state index contributed by atoms with van der Waals surface area (Å²) in [5.74, 6) is 1.08. The fourth-order valence-corrected chi connectivity index (χ4v) is 2.27. The molecule has 1 saturated heterocycles. The Morgan fingerprint density at radius 2 is 2.47 bits per heavy atom. The molecule has 1 aromatic rings. The summed E-state index contributed by atoms with van der Waals surface area (Å²) in [5, 5.41) is 3.13.